The topological polar surface area (TPSA) is 53.5 Å². The third-order valence-electron chi connectivity index (χ3n) is 2.60. The summed E-state index contributed by atoms with van der Waals surface area (Å²) in [6, 6.07) is 13.1. The molecule has 0 unspecified atom stereocenters. The van der Waals surface area contributed by atoms with Gasteiger partial charge in [-0.2, -0.15) is 5.10 Å². The molecule has 0 aliphatic heterocycles. The van der Waals surface area contributed by atoms with E-state index in [9.17, 15) is 9.18 Å². The molecule has 0 heterocycles. The average Bonchev–Trinajstić information content (AvgIpc) is 2.49. The van der Waals surface area contributed by atoms with Gasteiger partial charge in [-0.15, -0.1) is 0 Å². The first-order valence-electron chi connectivity index (χ1n) is 6.21. The van der Waals surface area contributed by atoms with Crippen LogP contribution in [0.15, 0.2) is 53.6 Å². The number of amides is 1. The van der Waals surface area contributed by atoms with E-state index in [0.29, 0.717) is 10.6 Å². The molecule has 0 radical (unpaired) electrons. The molecule has 6 heteroatoms. The third kappa shape index (κ3) is 4.89. The maximum atomic E-state index is 13.3. The molecular formula is C15H13ClFN3O. The van der Waals surface area contributed by atoms with E-state index in [1.54, 1.807) is 42.5 Å². The van der Waals surface area contributed by atoms with Crippen molar-refractivity contribution < 1.29 is 9.18 Å². The van der Waals surface area contributed by atoms with Crippen molar-refractivity contribution >= 4 is 29.4 Å². The zero-order chi connectivity index (χ0) is 15.1. The Morgan fingerprint density at radius 2 is 1.90 bits per heavy atom. The number of hydrazone groups is 1. The molecule has 1 amide bonds. The van der Waals surface area contributed by atoms with E-state index in [-0.39, 0.29) is 12.5 Å². The quantitative estimate of drug-likeness (QED) is 0.659. The van der Waals surface area contributed by atoms with Crippen molar-refractivity contribution in [2.24, 2.45) is 5.10 Å². The summed E-state index contributed by atoms with van der Waals surface area (Å²) in [5.41, 5.74) is 3.39. The predicted octanol–water partition coefficient (Wildman–Crippen LogP) is 3.04. The second kappa shape index (κ2) is 7.40. The van der Waals surface area contributed by atoms with Gasteiger partial charge >= 0.3 is 0 Å². The van der Waals surface area contributed by atoms with Gasteiger partial charge in [-0.05, 0) is 30.3 Å². The van der Waals surface area contributed by atoms with Crippen molar-refractivity contribution in [3.8, 4) is 0 Å². The zero-order valence-electron chi connectivity index (χ0n) is 11.0. The summed E-state index contributed by atoms with van der Waals surface area (Å²) in [5, 5.41) is 7.24. The van der Waals surface area contributed by atoms with Crippen molar-refractivity contribution in [3.05, 3.63) is 64.9 Å². The SMILES string of the molecule is O=C(CNc1ccc(Cl)cc1)NN=Cc1ccccc1F. The number of nitrogens with zero attached hydrogens (tertiary/aromatic N) is 1. The Bertz CT molecular complexity index is 644. The molecule has 0 aliphatic carbocycles. The van der Waals surface area contributed by atoms with Crippen LogP contribution in [0.1, 0.15) is 5.56 Å². The van der Waals surface area contributed by atoms with Crippen molar-refractivity contribution in [2.45, 2.75) is 0 Å². The summed E-state index contributed by atoms with van der Waals surface area (Å²) in [4.78, 5) is 11.6. The number of rotatable bonds is 5. The Kier molecular flexibility index (Phi) is 5.29. The lowest BCUT2D eigenvalue weighted by molar-refractivity contribution is -0.119. The second-order valence-electron chi connectivity index (χ2n) is 4.18. The fourth-order valence-corrected chi connectivity index (χ4v) is 1.67. The monoisotopic (exact) mass is 305 g/mol. The van der Waals surface area contributed by atoms with Crippen LogP contribution in [0.2, 0.25) is 5.02 Å². The maximum absolute atomic E-state index is 13.3. The smallest absolute Gasteiger partial charge is 0.259 e. The molecule has 0 bridgehead atoms. The number of carbonyl (C=O) groups is 1. The highest BCUT2D eigenvalue weighted by Gasteiger charge is 2.00. The van der Waals surface area contributed by atoms with Gasteiger partial charge in [-0.25, -0.2) is 9.82 Å². The van der Waals surface area contributed by atoms with Crippen molar-refractivity contribution in [2.75, 3.05) is 11.9 Å². The van der Waals surface area contributed by atoms with Gasteiger partial charge in [0, 0.05) is 16.3 Å². The minimum atomic E-state index is -0.394. The highest BCUT2D eigenvalue weighted by atomic mass is 35.5. The molecule has 2 rings (SSSR count). The Morgan fingerprint density at radius 3 is 2.62 bits per heavy atom. The Balaban J connectivity index is 1.80. The van der Waals surface area contributed by atoms with Gasteiger partial charge in [0.1, 0.15) is 5.82 Å². The number of hydrogen-bond acceptors (Lipinski definition) is 3. The van der Waals surface area contributed by atoms with Crippen LogP contribution in [0.3, 0.4) is 0 Å². The number of benzene rings is 2. The van der Waals surface area contributed by atoms with Gasteiger partial charge in [0.05, 0.1) is 12.8 Å². The second-order valence-corrected chi connectivity index (χ2v) is 4.61. The lowest BCUT2D eigenvalue weighted by Crippen LogP contribution is -2.25. The van der Waals surface area contributed by atoms with Crippen molar-refractivity contribution in [1.29, 1.82) is 0 Å². The molecule has 21 heavy (non-hydrogen) atoms. The maximum Gasteiger partial charge on any atom is 0.259 e. The molecule has 0 fully saturated rings. The fraction of sp³-hybridized carbons (Fsp3) is 0.0667. The van der Waals surface area contributed by atoms with E-state index >= 15 is 0 Å². The van der Waals surface area contributed by atoms with Gasteiger partial charge in [0.15, 0.2) is 0 Å². The number of carbonyl (C=O) groups excluding carboxylic acids is 1. The summed E-state index contributed by atoms with van der Waals surface area (Å²) in [6.45, 7) is 0.0518. The molecule has 0 saturated carbocycles. The molecule has 0 atom stereocenters. The van der Waals surface area contributed by atoms with Crippen LogP contribution in [0.5, 0.6) is 0 Å². The van der Waals surface area contributed by atoms with E-state index in [2.05, 4.69) is 15.8 Å². The van der Waals surface area contributed by atoms with E-state index in [1.807, 2.05) is 0 Å². The number of anilines is 1. The predicted molar refractivity (Wildman–Crippen MR) is 82.1 cm³/mol. The van der Waals surface area contributed by atoms with Gasteiger partial charge in [0.25, 0.3) is 5.91 Å². The zero-order valence-corrected chi connectivity index (χ0v) is 11.8. The minimum Gasteiger partial charge on any atom is -0.376 e. The molecule has 2 N–H and O–H groups in total. The van der Waals surface area contributed by atoms with Crippen molar-refractivity contribution in [1.82, 2.24) is 5.43 Å². The summed E-state index contributed by atoms with van der Waals surface area (Å²) in [5.74, 6) is -0.729. The standard InChI is InChI=1S/C15H13ClFN3O/c16-12-5-7-13(8-6-12)18-10-15(21)20-19-9-11-3-1-2-4-14(11)17/h1-9,18H,10H2,(H,20,21). The van der Waals surface area contributed by atoms with Gasteiger partial charge in [-0.1, -0.05) is 29.8 Å². The molecular weight excluding hydrogens is 293 g/mol. The highest BCUT2D eigenvalue weighted by molar-refractivity contribution is 6.30. The highest BCUT2D eigenvalue weighted by Crippen LogP contribution is 2.12. The molecule has 0 aromatic heterocycles. The van der Waals surface area contributed by atoms with Crippen LogP contribution < -0.4 is 10.7 Å². The van der Waals surface area contributed by atoms with Crippen LogP contribution >= 0.6 is 11.6 Å². The number of nitrogens with one attached hydrogen (secondary N) is 2. The first kappa shape index (κ1) is 15.0. The third-order valence-corrected chi connectivity index (χ3v) is 2.85. The Morgan fingerprint density at radius 1 is 1.19 bits per heavy atom. The number of halogens is 2. The summed E-state index contributed by atoms with van der Waals surface area (Å²) in [7, 11) is 0. The van der Waals surface area contributed by atoms with E-state index in [1.165, 1.54) is 12.3 Å². The van der Waals surface area contributed by atoms with E-state index in [4.69, 9.17) is 11.6 Å². The van der Waals surface area contributed by atoms with Crippen LogP contribution in [-0.4, -0.2) is 18.7 Å². The van der Waals surface area contributed by atoms with Crippen LogP contribution in [0, 0.1) is 5.82 Å². The summed E-state index contributed by atoms with van der Waals surface area (Å²) >= 11 is 5.76. The van der Waals surface area contributed by atoms with E-state index < -0.39 is 5.82 Å². The van der Waals surface area contributed by atoms with Gasteiger partial charge in [-0.3, -0.25) is 4.79 Å². The van der Waals surface area contributed by atoms with Gasteiger partial charge in [0.2, 0.25) is 0 Å². The van der Waals surface area contributed by atoms with Crippen LogP contribution in [0.25, 0.3) is 0 Å². The van der Waals surface area contributed by atoms with Gasteiger partial charge < -0.3 is 5.32 Å². The first-order chi connectivity index (χ1) is 10.1. The molecule has 0 spiro atoms. The first-order valence-corrected chi connectivity index (χ1v) is 6.59. The Hall–Kier alpha value is -2.40. The molecule has 2 aromatic rings. The lowest BCUT2D eigenvalue weighted by Gasteiger charge is -2.05. The van der Waals surface area contributed by atoms with Crippen molar-refractivity contribution in [3.63, 3.8) is 0 Å². The largest absolute Gasteiger partial charge is 0.376 e. The lowest BCUT2D eigenvalue weighted by atomic mass is 10.2. The Labute approximate surface area is 126 Å². The minimum absolute atomic E-state index is 0.0518. The normalized spacial score (nSPS) is 10.6. The molecule has 0 aliphatic rings. The molecule has 0 saturated heterocycles. The average molecular weight is 306 g/mol. The van der Waals surface area contributed by atoms with Crippen LogP contribution in [0.4, 0.5) is 10.1 Å². The molecule has 2 aromatic carbocycles. The van der Waals surface area contributed by atoms with E-state index in [0.717, 1.165) is 5.69 Å². The number of hydrogen-bond donors (Lipinski definition) is 2. The summed E-state index contributed by atoms with van der Waals surface area (Å²) < 4.78 is 13.3. The molecule has 4 nitrogen and oxygen atoms in total. The molecule has 108 valence electrons. The van der Waals surface area contributed by atoms with Crippen LogP contribution in [-0.2, 0) is 4.79 Å². The summed E-state index contributed by atoms with van der Waals surface area (Å²) in [6.07, 6.45) is 1.26. The fourth-order valence-electron chi connectivity index (χ4n) is 1.54.